The number of hydrogen-bond acceptors (Lipinski definition) is 3. The molecule has 0 unspecified atom stereocenters. The Morgan fingerprint density at radius 1 is 1.59 bits per heavy atom. The van der Waals surface area contributed by atoms with Crippen molar-refractivity contribution in [2.24, 2.45) is 0 Å². The van der Waals surface area contributed by atoms with E-state index in [0.29, 0.717) is 6.54 Å². The molecule has 1 aromatic rings. The van der Waals surface area contributed by atoms with Crippen molar-refractivity contribution in [1.29, 1.82) is 0 Å². The lowest BCUT2D eigenvalue weighted by atomic mass is 10.3. The minimum atomic E-state index is -1.06. The first kappa shape index (κ1) is 13.0. The number of hydrogen-bond donors (Lipinski definition) is 2. The number of carbonyl (C=O) groups is 2. The van der Waals surface area contributed by atoms with Crippen LogP contribution >= 0.6 is 0 Å². The molecule has 1 aromatic heterocycles. The van der Waals surface area contributed by atoms with Gasteiger partial charge in [0.2, 0.25) is 0 Å². The van der Waals surface area contributed by atoms with Gasteiger partial charge >= 0.3 is 12.0 Å². The van der Waals surface area contributed by atoms with E-state index in [1.165, 1.54) is 11.8 Å². The van der Waals surface area contributed by atoms with Gasteiger partial charge in [0.15, 0.2) is 0 Å². The van der Waals surface area contributed by atoms with E-state index in [0.717, 1.165) is 5.56 Å². The number of aliphatic carboxylic acids is 1. The largest absolute Gasteiger partial charge is 0.480 e. The lowest BCUT2D eigenvalue weighted by Gasteiger charge is -2.19. The van der Waals surface area contributed by atoms with Gasteiger partial charge in [0.25, 0.3) is 0 Å². The van der Waals surface area contributed by atoms with Gasteiger partial charge in [0.05, 0.1) is 0 Å². The van der Waals surface area contributed by atoms with Crippen molar-refractivity contribution in [3.05, 3.63) is 30.1 Å². The van der Waals surface area contributed by atoms with Crippen LogP contribution in [0.3, 0.4) is 0 Å². The lowest BCUT2D eigenvalue weighted by Crippen LogP contribution is -2.44. The Balaban J connectivity index is 2.50. The SMILES string of the molecule is C[C@H](NC(=O)N(C)Cc1cccnc1)C(=O)O. The molecule has 2 N–H and O–H groups in total. The molecule has 6 heteroatoms. The lowest BCUT2D eigenvalue weighted by molar-refractivity contribution is -0.138. The number of rotatable bonds is 4. The van der Waals surface area contributed by atoms with Gasteiger partial charge in [0.1, 0.15) is 6.04 Å². The predicted octanol–water partition coefficient (Wildman–Crippen LogP) is 0.696. The molecular formula is C11H15N3O3. The summed E-state index contributed by atoms with van der Waals surface area (Å²) in [5.41, 5.74) is 0.883. The Hall–Kier alpha value is -2.11. The smallest absolute Gasteiger partial charge is 0.325 e. The zero-order chi connectivity index (χ0) is 12.8. The van der Waals surface area contributed by atoms with Gasteiger partial charge in [-0.25, -0.2) is 4.79 Å². The van der Waals surface area contributed by atoms with Crippen LogP contribution in [0.5, 0.6) is 0 Å². The van der Waals surface area contributed by atoms with Crippen LogP contribution in [-0.2, 0) is 11.3 Å². The summed E-state index contributed by atoms with van der Waals surface area (Å²) >= 11 is 0. The van der Waals surface area contributed by atoms with Crippen LogP contribution in [0.4, 0.5) is 4.79 Å². The van der Waals surface area contributed by atoms with Crippen LogP contribution in [0.25, 0.3) is 0 Å². The summed E-state index contributed by atoms with van der Waals surface area (Å²) in [7, 11) is 1.59. The summed E-state index contributed by atoms with van der Waals surface area (Å²) in [4.78, 5) is 27.5. The number of carboxylic acids is 1. The first-order chi connectivity index (χ1) is 8.00. The average molecular weight is 237 g/mol. The third-order valence-corrected chi connectivity index (χ3v) is 2.20. The molecule has 0 spiro atoms. The minimum absolute atomic E-state index is 0.381. The molecule has 0 aliphatic heterocycles. The van der Waals surface area contributed by atoms with Gasteiger partial charge in [-0.15, -0.1) is 0 Å². The number of pyridine rings is 1. The summed E-state index contributed by atoms with van der Waals surface area (Å²) in [6.07, 6.45) is 3.31. The van der Waals surface area contributed by atoms with Crippen LogP contribution in [-0.4, -0.2) is 40.1 Å². The van der Waals surface area contributed by atoms with Crippen molar-refractivity contribution in [2.75, 3.05) is 7.05 Å². The molecule has 6 nitrogen and oxygen atoms in total. The maximum absolute atomic E-state index is 11.6. The van der Waals surface area contributed by atoms with Crippen molar-refractivity contribution in [3.63, 3.8) is 0 Å². The first-order valence-electron chi connectivity index (χ1n) is 5.14. The van der Waals surface area contributed by atoms with Crippen LogP contribution in [0, 0.1) is 0 Å². The Morgan fingerprint density at radius 3 is 2.82 bits per heavy atom. The number of amides is 2. The van der Waals surface area contributed by atoms with E-state index in [-0.39, 0.29) is 0 Å². The standard InChI is InChI=1S/C11H15N3O3/c1-8(10(15)16)13-11(17)14(2)7-9-4-3-5-12-6-9/h3-6,8H,7H2,1-2H3,(H,13,17)(H,15,16)/t8-/m0/s1. The number of urea groups is 1. The molecule has 0 saturated heterocycles. The third-order valence-electron chi connectivity index (χ3n) is 2.20. The molecule has 1 rings (SSSR count). The molecule has 0 bridgehead atoms. The maximum atomic E-state index is 11.6. The van der Waals surface area contributed by atoms with Crippen molar-refractivity contribution < 1.29 is 14.7 Å². The second-order valence-corrected chi connectivity index (χ2v) is 3.73. The van der Waals surface area contributed by atoms with E-state index in [1.807, 2.05) is 6.07 Å². The normalized spacial score (nSPS) is 11.6. The van der Waals surface area contributed by atoms with Gasteiger partial charge in [0, 0.05) is 26.0 Å². The Bertz CT molecular complexity index is 394. The number of aromatic nitrogens is 1. The average Bonchev–Trinajstić information content (AvgIpc) is 2.29. The van der Waals surface area contributed by atoms with Crippen molar-refractivity contribution >= 4 is 12.0 Å². The molecule has 1 atom stereocenters. The van der Waals surface area contributed by atoms with E-state index in [2.05, 4.69) is 10.3 Å². The zero-order valence-electron chi connectivity index (χ0n) is 9.75. The summed E-state index contributed by atoms with van der Waals surface area (Å²) < 4.78 is 0. The van der Waals surface area contributed by atoms with E-state index >= 15 is 0 Å². The van der Waals surface area contributed by atoms with Crippen molar-refractivity contribution in [1.82, 2.24) is 15.2 Å². The quantitative estimate of drug-likeness (QED) is 0.807. The topological polar surface area (TPSA) is 82.5 Å². The number of nitrogens with zero attached hydrogens (tertiary/aromatic N) is 2. The summed E-state index contributed by atoms with van der Waals surface area (Å²) in [5, 5.41) is 11.0. The Labute approximate surface area is 99.3 Å². The van der Waals surface area contributed by atoms with Gasteiger partial charge < -0.3 is 15.3 Å². The molecule has 0 fully saturated rings. The fourth-order valence-corrected chi connectivity index (χ4v) is 1.19. The van der Waals surface area contributed by atoms with Crippen LogP contribution in [0.1, 0.15) is 12.5 Å². The van der Waals surface area contributed by atoms with Gasteiger partial charge in [-0.05, 0) is 18.6 Å². The molecule has 0 radical (unpaired) electrons. The van der Waals surface area contributed by atoms with Crippen LogP contribution < -0.4 is 5.32 Å². The minimum Gasteiger partial charge on any atom is -0.480 e. The zero-order valence-corrected chi connectivity index (χ0v) is 9.75. The van der Waals surface area contributed by atoms with Gasteiger partial charge in [-0.2, -0.15) is 0 Å². The molecule has 0 saturated carbocycles. The summed E-state index contributed by atoms with van der Waals surface area (Å²) in [6, 6.07) is 2.29. The van der Waals surface area contributed by atoms with Crippen molar-refractivity contribution in [3.8, 4) is 0 Å². The molecule has 0 aromatic carbocycles. The Kier molecular flexibility index (Phi) is 4.45. The van der Waals surface area contributed by atoms with E-state index in [9.17, 15) is 9.59 Å². The van der Waals surface area contributed by atoms with Crippen LogP contribution in [0.15, 0.2) is 24.5 Å². The molecule has 0 aliphatic carbocycles. The highest BCUT2D eigenvalue weighted by molar-refractivity contribution is 5.82. The third kappa shape index (κ3) is 4.10. The van der Waals surface area contributed by atoms with Crippen molar-refractivity contribution in [2.45, 2.75) is 19.5 Å². The van der Waals surface area contributed by atoms with Crippen LogP contribution in [0.2, 0.25) is 0 Å². The highest BCUT2D eigenvalue weighted by Gasteiger charge is 2.16. The second-order valence-electron chi connectivity index (χ2n) is 3.73. The van der Waals surface area contributed by atoms with E-state index < -0.39 is 18.0 Å². The maximum Gasteiger partial charge on any atom is 0.325 e. The fraction of sp³-hybridized carbons (Fsp3) is 0.364. The summed E-state index contributed by atoms with van der Waals surface area (Å²) in [5.74, 6) is -1.06. The fourth-order valence-electron chi connectivity index (χ4n) is 1.19. The highest BCUT2D eigenvalue weighted by atomic mass is 16.4. The van der Waals surface area contributed by atoms with E-state index in [4.69, 9.17) is 5.11 Å². The molecule has 1 heterocycles. The molecular weight excluding hydrogens is 222 g/mol. The van der Waals surface area contributed by atoms with Gasteiger partial charge in [-0.1, -0.05) is 6.07 Å². The molecule has 2 amide bonds. The molecule has 0 aliphatic rings. The van der Waals surface area contributed by atoms with Gasteiger partial charge in [-0.3, -0.25) is 9.78 Å². The summed E-state index contributed by atoms with van der Waals surface area (Å²) in [6.45, 7) is 1.80. The first-order valence-corrected chi connectivity index (χ1v) is 5.14. The predicted molar refractivity (Wildman–Crippen MR) is 61.3 cm³/mol. The monoisotopic (exact) mass is 237 g/mol. The highest BCUT2D eigenvalue weighted by Crippen LogP contribution is 2.01. The molecule has 92 valence electrons. The molecule has 17 heavy (non-hydrogen) atoms. The Morgan fingerprint density at radius 2 is 2.29 bits per heavy atom. The number of nitrogens with one attached hydrogen (secondary N) is 1. The number of carbonyl (C=O) groups excluding carboxylic acids is 1. The number of carboxylic acid groups (broad SMARTS) is 1. The van der Waals surface area contributed by atoms with E-state index in [1.54, 1.807) is 25.5 Å². The second kappa shape index (κ2) is 5.83.